The quantitative estimate of drug-likeness (QED) is 0.893. The molecule has 2 aromatic heterocycles. The summed E-state index contributed by atoms with van der Waals surface area (Å²) in [6.07, 6.45) is 0. The van der Waals surface area contributed by atoms with Gasteiger partial charge in [0.1, 0.15) is 11.6 Å². The summed E-state index contributed by atoms with van der Waals surface area (Å²) in [6.45, 7) is 2.61. The van der Waals surface area contributed by atoms with E-state index in [1.165, 1.54) is 16.4 Å². The summed E-state index contributed by atoms with van der Waals surface area (Å²) in [4.78, 5) is 5.40. The van der Waals surface area contributed by atoms with E-state index in [2.05, 4.69) is 14.7 Å². The van der Waals surface area contributed by atoms with Gasteiger partial charge in [0.05, 0.1) is 18.5 Å². The summed E-state index contributed by atoms with van der Waals surface area (Å²) < 4.78 is 9.32. The summed E-state index contributed by atoms with van der Waals surface area (Å²) >= 11 is 3.05. The molecule has 0 atom stereocenters. The van der Waals surface area contributed by atoms with Gasteiger partial charge in [-0.25, -0.2) is 4.98 Å². The third kappa shape index (κ3) is 2.45. The molecule has 0 spiro atoms. The fourth-order valence-corrected chi connectivity index (χ4v) is 2.51. The normalized spacial score (nSPS) is 10.3. The van der Waals surface area contributed by atoms with Crippen LogP contribution in [0.2, 0.25) is 0 Å². The highest BCUT2D eigenvalue weighted by molar-refractivity contribution is 7.10. The fourth-order valence-electron chi connectivity index (χ4n) is 1.16. The zero-order chi connectivity index (χ0) is 10.7. The van der Waals surface area contributed by atoms with E-state index in [0.29, 0.717) is 0 Å². The number of ether oxygens (including phenoxy) is 1. The Kier molecular flexibility index (Phi) is 3.17. The van der Waals surface area contributed by atoms with Crippen LogP contribution in [0.1, 0.15) is 10.7 Å². The van der Waals surface area contributed by atoms with Crippen LogP contribution in [0.25, 0.3) is 0 Å². The number of anilines is 1. The number of aromatic nitrogens is 2. The van der Waals surface area contributed by atoms with E-state index in [1.807, 2.05) is 18.4 Å². The number of rotatable bonds is 4. The van der Waals surface area contributed by atoms with Gasteiger partial charge < -0.3 is 10.1 Å². The van der Waals surface area contributed by atoms with Gasteiger partial charge in [0.2, 0.25) is 5.13 Å². The Labute approximate surface area is 96.1 Å². The first-order valence-corrected chi connectivity index (χ1v) is 6.09. The van der Waals surface area contributed by atoms with E-state index in [9.17, 15) is 0 Å². The van der Waals surface area contributed by atoms with E-state index in [4.69, 9.17) is 4.74 Å². The Hall–Kier alpha value is -1.14. The Balaban J connectivity index is 1.98. The maximum atomic E-state index is 5.22. The van der Waals surface area contributed by atoms with Gasteiger partial charge in [-0.05, 0) is 18.4 Å². The van der Waals surface area contributed by atoms with Crippen molar-refractivity contribution in [2.45, 2.75) is 13.5 Å². The molecule has 0 saturated heterocycles. The second-order valence-electron chi connectivity index (χ2n) is 2.91. The molecule has 0 aromatic carbocycles. The predicted molar refractivity (Wildman–Crippen MR) is 62.8 cm³/mol. The summed E-state index contributed by atoms with van der Waals surface area (Å²) in [5.74, 6) is 1.73. The summed E-state index contributed by atoms with van der Waals surface area (Å²) in [5.41, 5.74) is 0. The van der Waals surface area contributed by atoms with Crippen LogP contribution in [0.5, 0.6) is 5.75 Å². The minimum atomic E-state index is 0.732. The average Bonchev–Trinajstić information content (AvgIpc) is 2.83. The molecule has 80 valence electrons. The van der Waals surface area contributed by atoms with E-state index >= 15 is 0 Å². The average molecular weight is 241 g/mol. The number of methoxy groups -OCH3 is 1. The van der Waals surface area contributed by atoms with Gasteiger partial charge in [-0.2, -0.15) is 4.37 Å². The lowest BCUT2D eigenvalue weighted by atomic mass is 10.4. The Morgan fingerprint density at radius 3 is 3.07 bits per heavy atom. The smallest absolute Gasteiger partial charge is 0.202 e. The molecule has 2 rings (SSSR count). The number of nitrogens with one attached hydrogen (secondary N) is 1. The molecular weight excluding hydrogens is 230 g/mol. The second kappa shape index (κ2) is 4.59. The van der Waals surface area contributed by atoms with Crippen molar-refractivity contribution in [2.24, 2.45) is 0 Å². The van der Waals surface area contributed by atoms with Crippen molar-refractivity contribution in [1.82, 2.24) is 9.36 Å². The number of hydrogen-bond donors (Lipinski definition) is 1. The van der Waals surface area contributed by atoms with Crippen molar-refractivity contribution >= 4 is 28.0 Å². The first-order chi connectivity index (χ1) is 7.29. The first kappa shape index (κ1) is 10.4. The van der Waals surface area contributed by atoms with E-state index in [0.717, 1.165) is 23.3 Å². The lowest BCUT2D eigenvalue weighted by molar-refractivity contribution is 0.413. The Morgan fingerprint density at radius 1 is 1.53 bits per heavy atom. The second-order valence-corrected chi connectivity index (χ2v) is 4.66. The first-order valence-electron chi connectivity index (χ1n) is 4.44. The lowest BCUT2D eigenvalue weighted by Gasteiger charge is -2.02. The van der Waals surface area contributed by atoms with E-state index in [-0.39, 0.29) is 0 Å². The molecule has 0 aliphatic carbocycles. The number of thiophene rings is 1. The summed E-state index contributed by atoms with van der Waals surface area (Å²) in [6, 6.07) is 1.97. The molecule has 0 fully saturated rings. The van der Waals surface area contributed by atoms with Crippen LogP contribution >= 0.6 is 22.9 Å². The Morgan fingerprint density at radius 2 is 2.40 bits per heavy atom. The minimum Gasteiger partial charge on any atom is -0.496 e. The van der Waals surface area contributed by atoms with E-state index in [1.54, 1.807) is 18.4 Å². The van der Waals surface area contributed by atoms with Gasteiger partial charge >= 0.3 is 0 Å². The fraction of sp³-hybridized carbons (Fsp3) is 0.333. The van der Waals surface area contributed by atoms with Crippen molar-refractivity contribution in [3.63, 3.8) is 0 Å². The monoisotopic (exact) mass is 241 g/mol. The van der Waals surface area contributed by atoms with E-state index < -0.39 is 0 Å². The zero-order valence-corrected chi connectivity index (χ0v) is 10.1. The van der Waals surface area contributed by atoms with Crippen LogP contribution in [0.15, 0.2) is 11.4 Å². The van der Waals surface area contributed by atoms with Crippen molar-refractivity contribution in [1.29, 1.82) is 0 Å². The molecule has 0 bridgehead atoms. The van der Waals surface area contributed by atoms with Crippen LogP contribution in [0.4, 0.5) is 5.13 Å². The number of nitrogens with zero attached hydrogens (tertiary/aromatic N) is 2. The van der Waals surface area contributed by atoms with Gasteiger partial charge in [0, 0.05) is 11.5 Å². The molecule has 0 saturated carbocycles. The molecule has 6 heteroatoms. The number of aryl methyl sites for hydroxylation is 1. The molecule has 0 aliphatic heterocycles. The van der Waals surface area contributed by atoms with Gasteiger partial charge in [-0.15, -0.1) is 11.3 Å². The van der Waals surface area contributed by atoms with Crippen molar-refractivity contribution in [3.8, 4) is 5.75 Å². The van der Waals surface area contributed by atoms with Gasteiger partial charge in [-0.1, -0.05) is 0 Å². The van der Waals surface area contributed by atoms with Gasteiger partial charge in [0.15, 0.2) is 0 Å². The highest BCUT2D eigenvalue weighted by Gasteiger charge is 2.05. The standard InChI is InChI=1S/C9H11N3OS2/c1-6-11-9(15-12-6)10-5-8-7(13-2)3-4-14-8/h3-4H,5H2,1-2H3,(H,10,11,12). The molecule has 2 heterocycles. The third-order valence-corrected chi connectivity index (χ3v) is 3.52. The Bertz CT molecular complexity index is 438. The van der Waals surface area contributed by atoms with Crippen LogP contribution < -0.4 is 10.1 Å². The molecule has 0 unspecified atom stereocenters. The topological polar surface area (TPSA) is 47.0 Å². The van der Waals surface area contributed by atoms with Crippen molar-refractivity contribution < 1.29 is 4.74 Å². The van der Waals surface area contributed by atoms with Crippen LogP contribution in [-0.2, 0) is 6.54 Å². The molecule has 15 heavy (non-hydrogen) atoms. The summed E-state index contributed by atoms with van der Waals surface area (Å²) in [5, 5.41) is 6.08. The molecule has 2 aromatic rings. The molecule has 0 amide bonds. The third-order valence-electron chi connectivity index (χ3n) is 1.85. The maximum Gasteiger partial charge on any atom is 0.202 e. The SMILES string of the molecule is COc1ccsc1CNc1nc(C)ns1. The minimum absolute atomic E-state index is 0.732. The van der Waals surface area contributed by atoms with Crippen molar-refractivity contribution in [2.75, 3.05) is 12.4 Å². The molecule has 4 nitrogen and oxygen atoms in total. The largest absolute Gasteiger partial charge is 0.496 e. The lowest BCUT2D eigenvalue weighted by Crippen LogP contribution is -1.98. The van der Waals surface area contributed by atoms with Crippen LogP contribution in [0.3, 0.4) is 0 Å². The number of hydrogen-bond acceptors (Lipinski definition) is 6. The molecule has 0 radical (unpaired) electrons. The molecular formula is C9H11N3OS2. The van der Waals surface area contributed by atoms with Gasteiger partial charge in [-0.3, -0.25) is 0 Å². The highest BCUT2D eigenvalue weighted by Crippen LogP contribution is 2.25. The highest BCUT2D eigenvalue weighted by atomic mass is 32.1. The van der Waals surface area contributed by atoms with Gasteiger partial charge in [0.25, 0.3) is 0 Å². The molecule has 0 aliphatic rings. The summed E-state index contributed by atoms with van der Waals surface area (Å²) in [7, 11) is 1.68. The van der Waals surface area contributed by atoms with Crippen LogP contribution in [-0.4, -0.2) is 16.5 Å². The zero-order valence-electron chi connectivity index (χ0n) is 8.48. The van der Waals surface area contributed by atoms with Crippen LogP contribution in [0, 0.1) is 6.92 Å². The molecule has 1 N–H and O–H groups in total. The maximum absolute atomic E-state index is 5.22. The van der Waals surface area contributed by atoms with Crippen molar-refractivity contribution in [3.05, 3.63) is 22.1 Å². The predicted octanol–water partition coefficient (Wildman–Crippen LogP) is 2.53.